The number of hydrogen-bond donors (Lipinski definition) is 2. The third-order valence-corrected chi connectivity index (χ3v) is 3.54. The van der Waals surface area contributed by atoms with E-state index in [1.165, 1.54) is 24.2 Å². The second-order valence-electron chi connectivity index (χ2n) is 4.79. The highest BCUT2D eigenvalue weighted by Gasteiger charge is 2.30. The van der Waals surface area contributed by atoms with Crippen LogP contribution in [0.25, 0.3) is 6.08 Å². The van der Waals surface area contributed by atoms with Crippen LogP contribution >= 0.6 is 12.2 Å². The lowest BCUT2D eigenvalue weighted by molar-refractivity contribution is -0.386. The van der Waals surface area contributed by atoms with Crippen LogP contribution in [0.2, 0.25) is 0 Å². The van der Waals surface area contributed by atoms with Crippen molar-refractivity contribution in [1.29, 1.82) is 0 Å². The Morgan fingerprint density at radius 2 is 2.22 bits per heavy atom. The van der Waals surface area contributed by atoms with Crippen LogP contribution in [0.4, 0.5) is 5.69 Å². The Labute approximate surface area is 137 Å². The topological polar surface area (TPSA) is 105 Å². The van der Waals surface area contributed by atoms with Gasteiger partial charge in [-0.15, -0.1) is 0 Å². The molecule has 0 radical (unpaired) electrons. The maximum atomic E-state index is 12.2. The number of rotatable bonds is 5. The molecule has 1 saturated heterocycles. The number of aromatic hydroxyl groups is 1. The Morgan fingerprint density at radius 1 is 1.52 bits per heavy atom. The molecule has 23 heavy (non-hydrogen) atoms. The Hall–Kier alpha value is -2.68. The van der Waals surface area contributed by atoms with E-state index in [0.29, 0.717) is 17.2 Å². The first-order valence-corrected chi connectivity index (χ1v) is 7.19. The SMILES string of the molecule is CCCN1C(=O)/C(=C/c2cc(OC)c(O)c([N+](=O)[O-])c2)NC1=S. The Bertz CT molecular complexity index is 717. The molecule has 0 bridgehead atoms. The predicted octanol–water partition coefficient (Wildman–Crippen LogP) is 1.78. The molecule has 1 fully saturated rings. The normalized spacial score (nSPS) is 15.9. The van der Waals surface area contributed by atoms with Crippen molar-refractivity contribution in [3.8, 4) is 11.5 Å². The van der Waals surface area contributed by atoms with E-state index in [1.807, 2.05) is 6.92 Å². The summed E-state index contributed by atoms with van der Waals surface area (Å²) in [4.78, 5) is 23.9. The molecule has 2 rings (SSSR count). The number of thiocarbonyl (C=S) groups is 1. The van der Waals surface area contributed by atoms with Gasteiger partial charge in [0.1, 0.15) is 5.70 Å². The smallest absolute Gasteiger partial charge is 0.315 e. The summed E-state index contributed by atoms with van der Waals surface area (Å²) in [5.74, 6) is -0.912. The average Bonchev–Trinajstić information content (AvgIpc) is 2.76. The van der Waals surface area contributed by atoms with Gasteiger partial charge in [-0.3, -0.25) is 19.8 Å². The highest BCUT2D eigenvalue weighted by atomic mass is 32.1. The highest BCUT2D eigenvalue weighted by molar-refractivity contribution is 7.80. The number of amides is 1. The summed E-state index contributed by atoms with van der Waals surface area (Å²) in [6.07, 6.45) is 2.18. The second kappa shape index (κ2) is 6.61. The lowest BCUT2D eigenvalue weighted by Gasteiger charge is -2.11. The van der Waals surface area contributed by atoms with Gasteiger partial charge in [0.15, 0.2) is 10.9 Å². The number of carbonyl (C=O) groups is 1. The van der Waals surface area contributed by atoms with Gasteiger partial charge in [-0.25, -0.2) is 0 Å². The quantitative estimate of drug-likeness (QED) is 0.365. The number of nitrogens with zero attached hydrogens (tertiary/aromatic N) is 2. The number of nitrogens with one attached hydrogen (secondary N) is 1. The Balaban J connectivity index is 2.43. The molecule has 1 aliphatic heterocycles. The van der Waals surface area contributed by atoms with Crippen molar-refractivity contribution >= 4 is 35.0 Å². The molecule has 0 aromatic heterocycles. The molecule has 2 N–H and O–H groups in total. The van der Waals surface area contributed by atoms with Crippen molar-refractivity contribution in [2.45, 2.75) is 13.3 Å². The molecule has 0 unspecified atom stereocenters. The summed E-state index contributed by atoms with van der Waals surface area (Å²) >= 11 is 5.09. The molecular formula is C14H15N3O5S. The van der Waals surface area contributed by atoms with E-state index in [2.05, 4.69) is 5.32 Å². The summed E-state index contributed by atoms with van der Waals surface area (Å²) in [6, 6.07) is 2.56. The second-order valence-corrected chi connectivity index (χ2v) is 5.18. The first kappa shape index (κ1) is 16.7. The number of phenolic OH excluding ortho intramolecular Hbond substituents is 1. The molecule has 0 aliphatic carbocycles. The summed E-state index contributed by atoms with van der Waals surface area (Å²) in [6.45, 7) is 2.41. The molecule has 1 aliphatic rings. The van der Waals surface area contributed by atoms with E-state index < -0.39 is 16.4 Å². The molecule has 9 heteroatoms. The predicted molar refractivity (Wildman–Crippen MR) is 87.0 cm³/mol. The summed E-state index contributed by atoms with van der Waals surface area (Å²) in [5.41, 5.74) is 0.0449. The van der Waals surface area contributed by atoms with Crippen LogP contribution < -0.4 is 10.1 Å². The van der Waals surface area contributed by atoms with Crippen LogP contribution in [-0.2, 0) is 4.79 Å². The van der Waals surface area contributed by atoms with Crippen LogP contribution in [-0.4, -0.2) is 39.6 Å². The van der Waals surface area contributed by atoms with E-state index in [1.54, 1.807) is 0 Å². The van der Waals surface area contributed by atoms with Crippen molar-refractivity contribution in [3.63, 3.8) is 0 Å². The van der Waals surface area contributed by atoms with Crippen molar-refractivity contribution in [2.75, 3.05) is 13.7 Å². The van der Waals surface area contributed by atoms with Gasteiger partial charge in [-0.05, 0) is 36.3 Å². The summed E-state index contributed by atoms with van der Waals surface area (Å²) in [7, 11) is 1.28. The maximum Gasteiger partial charge on any atom is 0.315 e. The molecule has 1 heterocycles. The average molecular weight is 337 g/mol. The molecule has 1 aromatic carbocycles. The first-order valence-electron chi connectivity index (χ1n) is 6.79. The molecule has 0 saturated carbocycles. The van der Waals surface area contributed by atoms with Crippen molar-refractivity contribution in [1.82, 2.24) is 10.2 Å². The monoisotopic (exact) mass is 337 g/mol. The van der Waals surface area contributed by atoms with Gasteiger partial charge < -0.3 is 15.2 Å². The minimum absolute atomic E-state index is 0.0514. The van der Waals surface area contributed by atoms with E-state index >= 15 is 0 Å². The number of benzene rings is 1. The van der Waals surface area contributed by atoms with Gasteiger partial charge >= 0.3 is 5.69 Å². The van der Waals surface area contributed by atoms with Gasteiger partial charge in [0.2, 0.25) is 5.75 Å². The van der Waals surface area contributed by atoms with Gasteiger partial charge in [-0.1, -0.05) is 6.92 Å². The standard InChI is InChI=1S/C14H15N3O5S/c1-3-4-16-13(19)9(15-14(16)23)5-8-6-10(17(20)21)12(18)11(7-8)22-2/h5-7,18H,3-4H2,1-2H3,(H,15,23)/b9-5-. The third kappa shape index (κ3) is 3.24. The fourth-order valence-corrected chi connectivity index (χ4v) is 2.44. The molecule has 0 atom stereocenters. The Kier molecular flexibility index (Phi) is 4.80. The van der Waals surface area contributed by atoms with Gasteiger partial charge in [-0.2, -0.15) is 0 Å². The van der Waals surface area contributed by atoms with Gasteiger partial charge in [0.25, 0.3) is 5.91 Å². The van der Waals surface area contributed by atoms with E-state index in [-0.39, 0.29) is 17.4 Å². The maximum absolute atomic E-state index is 12.2. The minimum Gasteiger partial charge on any atom is -0.500 e. The first-order chi connectivity index (χ1) is 10.9. The van der Waals surface area contributed by atoms with E-state index in [0.717, 1.165) is 12.5 Å². The van der Waals surface area contributed by atoms with Crippen LogP contribution in [0.5, 0.6) is 11.5 Å². The Morgan fingerprint density at radius 3 is 2.78 bits per heavy atom. The molecule has 122 valence electrons. The fourth-order valence-electron chi connectivity index (χ4n) is 2.16. The number of ether oxygens (including phenoxy) is 1. The molecule has 1 aromatic rings. The highest BCUT2D eigenvalue weighted by Crippen LogP contribution is 2.37. The summed E-state index contributed by atoms with van der Waals surface area (Å²) < 4.78 is 4.92. The number of carbonyl (C=O) groups excluding carboxylic acids is 1. The van der Waals surface area contributed by atoms with Crippen LogP contribution in [0.3, 0.4) is 0 Å². The number of phenols is 1. The minimum atomic E-state index is -0.724. The molecular weight excluding hydrogens is 322 g/mol. The van der Waals surface area contributed by atoms with E-state index in [4.69, 9.17) is 17.0 Å². The zero-order valence-electron chi connectivity index (χ0n) is 12.5. The van der Waals surface area contributed by atoms with Crippen LogP contribution in [0, 0.1) is 10.1 Å². The van der Waals surface area contributed by atoms with Crippen molar-refractivity contribution in [3.05, 3.63) is 33.5 Å². The number of methoxy groups -OCH3 is 1. The van der Waals surface area contributed by atoms with E-state index in [9.17, 15) is 20.0 Å². The van der Waals surface area contributed by atoms with Crippen molar-refractivity contribution in [2.24, 2.45) is 0 Å². The largest absolute Gasteiger partial charge is 0.500 e. The van der Waals surface area contributed by atoms with Gasteiger partial charge in [0, 0.05) is 12.6 Å². The molecule has 8 nitrogen and oxygen atoms in total. The zero-order valence-corrected chi connectivity index (χ0v) is 13.3. The van der Waals surface area contributed by atoms with Crippen LogP contribution in [0.15, 0.2) is 17.8 Å². The fraction of sp³-hybridized carbons (Fsp3) is 0.286. The van der Waals surface area contributed by atoms with Gasteiger partial charge in [0.05, 0.1) is 12.0 Å². The molecule has 0 spiro atoms. The number of nitro benzene ring substituents is 1. The van der Waals surface area contributed by atoms with Crippen molar-refractivity contribution < 1.29 is 19.6 Å². The van der Waals surface area contributed by atoms with Crippen LogP contribution in [0.1, 0.15) is 18.9 Å². The number of hydrogen-bond acceptors (Lipinski definition) is 6. The number of nitro groups is 1. The lowest BCUT2D eigenvalue weighted by atomic mass is 10.1. The lowest BCUT2D eigenvalue weighted by Crippen LogP contribution is -2.31. The zero-order chi connectivity index (χ0) is 17.1. The molecule has 1 amide bonds. The third-order valence-electron chi connectivity index (χ3n) is 3.21. The summed E-state index contributed by atoms with van der Waals surface area (Å²) in [5, 5.41) is 23.8.